The van der Waals surface area contributed by atoms with Crippen LogP contribution in [-0.2, 0) is 16.1 Å². The van der Waals surface area contributed by atoms with Gasteiger partial charge in [0.15, 0.2) is 5.69 Å². The van der Waals surface area contributed by atoms with Gasteiger partial charge in [0.2, 0.25) is 5.91 Å². The molecule has 1 fully saturated rings. The van der Waals surface area contributed by atoms with Crippen molar-refractivity contribution >= 4 is 17.4 Å². The predicted molar refractivity (Wildman–Crippen MR) is 128 cm³/mol. The zero-order valence-electron chi connectivity index (χ0n) is 18.9. The van der Waals surface area contributed by atoms with Crippen LogP contribution in [0.1, 0.15) is 50.5 Å². The third kappa shape index (κ3) is 5.45. The van der Waals surface area contributed by atoms with E-state index in [1.54, 1.807) is 0 Å². The van der Waals surface area contributed by atoms with Crippen molar-refractivity contribution < 1.29 is 9.53 Å². The highest BCUT2D eigenvalue weighted by atomic mass is 16.5. The fraction of sp³-hybridized carbons (Fsp3) is 0.480. The maximum absolute atomic E-state index is 13.6. The van der Waals surface area contributed by atoms with E-state index in [4.69, 9.17) is 10.5 Å². The number of nitrogens with two attached hydrogens (primary N) is 1. The number of allylic oxidation sites excluding steroid dienone is 1. The molecule has 4 rings (SSSR count). The van der Waals surface area contributed by atoms with Crippen molar-refractivity contribution in [2.75, 3.05) is 30.4 Å². The lowest BCUT2D eigenvalue weighted by Gasteiger charge is -2.30. The lowest BCUT2D eigenvalue weighted by atomic mass is 9.95. The summed E-state index contributed by atoms with van der Waals surface area (Å²) in [6.45, 7) is 1.61. The SMILES string of the molecule is Nc1c(N(CCC2=CCCCC2)C(=O)C2CCOCC2)c(=O)[nH]c(=O)n1Cc1ccccc1. The van der Waals surface area contributed by atoms with Crippen LogP contribution >= 0.6 is 0 Å². The molecule has 0 atom stereocenters. The number of hydrogen-bond acceptors (Lipinski definition) is 5. The van der Waals surface area contributed by atoms with Crippen molar-refractivity contribution in [2.24, 2.45) is 5.92 Å². The molecule has 0 spiro atoms. The van der Waals surface area contributed by atoms with E-state index in [9.17, 15) is 14.4 Å². The first kappa shape index (κ1) is 23.0. The summed E-state index contributed by atoms with van der Waals surface area (Å²) in [5, 5.41) is 0. The molecule has 2 heterocycles. The van der Waals surface area contributed by atoms with Crippen LogP contribution in [0.3, 0.4) is 0 Å². The van der Waals surface area contributed by atoms with Gasteiger partial charge in [-0.25, -0.2) is 4.79 Å². The van der Waals surface area contributed by atoms with Gasteiger partial charge in [0.1, 0.15) is 5.82 Å². The number of aromatic nitrogens is 2. The van der Waals surface area contributed by atoms with Crippen LogP contribution in [0.5, 0.6) is 0 Å². The van der Waals surface area contributed by atoms with E-state index in [1.807, 2.05) is 30.3 Å². The molecule has 1 aromatic carbocycles. The van der Waals surface area contributed by atoms with Crippen molar-refractivity contribution in [2.45, 2.75) is 51.5 Å². The smallest absolute Gasteiger partial charge is 0.330 e. The molecule has 1 aromatic heterocycles. The summed E-state index contributed by atoms with van der Waals surface area (Å²) in [5.41, 5.74) is 7.46. The number of benzene rings is 1. The van der Waals surface area contributed by atoms with E-state index in [-0.39, 0.29) is 29.9 Å². The summed E-state index contributed by atoms with van der Waals surface area (Å²) in [6, 6.07) is 9.42. The Bertz CT molecular complexity index is 1110. The first-order valence-corrected chi connectivity index (χ1v) is 11.8. The average molecular weight is 453 g/mol. The van der Waals surface area contributed by atoms with Crippen LogP contribution in [0.4, 0.5) is 11.5 Å². The van der Waals surface area contributed by atoms with Crippen molar-refractivity contribution in [3.8, 4) is 0 Å². The van der Waals surface area contributed by atoms with E-state index in [1.165, 1.54) is 21.5 Å². The number of amides is 1. The Labute approximate surface area is 193 Å². The molecule has 0 saturated carbocycles. The fourth-order valence-corrected chi connectivity index (χ4v) is 4.65. The number of ether oxygens (including phenoxy) is 1. The molecule has 1 amide bonds. The van der Waals surface area contributed by atoms with E-state index in [0.29, 0.717) is 39.0 Å². The van der Waals surface area contributed by atoms with E-state index in [0.717, 1.165) is 24.8 Å². The minimum Gasteiger partial charge on any atom is -0.383 e. The molecule has 2 aliphatic rings. The highest BCUT2D eigenvalue weighted by Crippen LogP contribution is 2.27. The maximum Gasteiger partial charge on any atom is 0.330 e. The van der Waals surface area contributed by atoms with Crippen LogP contribution < -0.4 is 21.9 Å². The molecule has 33 heavy (non-hydrogen) atoms. The van der Waals surface area contributed by atoms with Gasteiger partial charge in [0.25, 0.3) is 5.56 Å². The molecule has 0 radical (unpaired) electrons. The number of nitrogens with zero attached hydrogens (tertiary/aromatic N) is 2. The Morgan fingerprint density at radius 3 is 2.61 bits per heavy atom. The van der Waals surface area contributed by atoms with Crippen LogP contribution in [0.15, 0.2) is 51.6 Å². The summed E-state index contributed by atoms with van der Waals surface area (Å²) in [5.74, 6) is -0.338. The molecule has 0 bridgehead atoms. The summed E-state index contributed by atoms with van der Waals surface area (Å²) >= 11 is 0. The summed E-state index contributed by atoms with van der Waals surface area (Å²) < 4.78 is 6.75. The quantitative estimate of drug-likeness (QED) is 0.628. The number of hydrogen-bond donors (Lipinski definition) is 2. The largest absolute Gasteiger partial charge is 0.383 e. The number of carbonyl (C=O) groups is 1. The number of nitrogen functional groups attached to an aromatic ring is 1. The van der Waals surface area contributed by atoms with Crippen LogP contribution in [0, 0.1) is 5.92 Å². The molecule has 2 aromatic rings. The van der Waals surface area contributed by atoms with Crippen molar-refractivity contribution in [1.29, 1.82) is 0 Å². The second-order valence-electron chi connectivity index (χ2n) is 8.80. The second kappa shape index (κ2) is 10.7. The third-order valence-corrected chi connectivity index (χ3v) is 6.55. The first-order valence-electron chi connectivity index (χ1n) is 11.8. The van der Waals surface area contributed by atoms with Crippen molar-refractivity contribution in [3.63, 3.8) is 0 Å². The molecule has 176 valence electrons. The number of nitrogens with one attached hydrogen (secondary N) is 1. The van der Waals surface area contributed by atoms with Gasteiger partial charge in [0.05, 0.1) is 6.54 Å². The predicted octanol–water partition coefficient (Wildman–Crippen LogP) is 2.82. The summed E-state index contributed by atoms with van der Waals surface area (Å²) in [7, 11) is 0. The fourth-order valence-electron chi connectivity index (χ4n) is 4.65. The van der Waals surface area contributed by atoms with E-state index in [2.05, 4.69) is 11.1 Å². The minimum absolute atomic E-state index is 0.0191. The Kier molecular flexibility index (Phi) is 7.44. The van der Waals surface area contributed by atoms with Gasteiger partial charge in [-0.05, 0) is 50.5 Å². The van der Waals surface area contributed by atoms with Gasteiger partial charge < -0.3 is 15.4 Å². The van der Waals surface area contributed by atoms with Gasteiger partial charge in [-0.3, -0.25) is 19.1 Å². The lowest BCUT2D eigenvalue weighted by molar-refractivity contribution is -0.125. The van der Waals surface area contributed by atoms with Gasteiger partial charge in [-0.1, -0.05) is 42.0 Å². The van der Waals surface area contributed by atoms with E-state index < -0.39 is 11.2 Å². The van der Waals surface area contributed by atoms with Gasteiger partial charge in [-0.15, -0.1) is 0 Å². The van der Waals surface area contributed by atoms with Crippen LogP contribution in [-0.4, -0.2) is 35.2 Å². The normalized spacial score (nSPS) is 16.9. The average Bonchev–Trinajstić information content (AvgIpc) is 2.85. The highest BCUT2D eigenvalue weighted by molar-refractivity contribution is 5.97. The summed E-state index contributed by atoms with van der Waals surface area (Å²) in [6.07, 6.45) is 8.54. The number of H-pyrrole nitrogens is 1. The first-order chi connectivity index (χ1) is 16.0. The molecular formula is C25H32N4O4. The van der Waals surface area contributed by atoms with E-state index >= 15 is 0 Å². The number of aromatic amines is 1. The molecule has 8 heteroatoms. The second-order valence-corrected chi connectivity index (χ2v) is 8.80. The molecular weight excluding hydrogens is 420 g/mol. The maximum atomic E-state index is 13.6. The lowest BCUT2D eigenvalue weighted by Crippen LogP contribution is -2.45. The zero-order chi connectivity index (χ0) is 23.2. The number of rotatable bonds is 7. The molecule has 3 N–H and O–H groups in total. The molecule has 1 aliphatic heterocycles. The van der Waals surface area contributed by atoms with Gasteiger partial charge in [-0.2, -0.15) is 0 Å². The molecule has 1 aliphatic carbocycles. The monoisotopic (exact) mass is 452 g/mol. The van der Waals surface area contributed by atoms with Crippen LogP contribution in [0.2, 0.25) is 0 Å². The third-order valence-electron chi connectivity index (χ3n) is 6.55. The molecule has 0 unspecified atom stereocenters. The topological polar surface area (TPSA) is 110 Å². The highest BCUT2D eigenvalue weighted by Gasteiger charge is 2.31. The number of carbonyl (C=O) groups excluding carboxylic acids is 1. The standard InChI is InChI=1S/C25H32N4O4/c26-22-21(23(30)27-25(32)29(22)17-19-9-5-2-6-10-19)28(14-11-18-7-3-1-4-8-18)24(31)20-12-15-33-16-13-20/h2,5-7,9-10,20H,1,3-4,8,11-17,26H2,(H,27,30,32). The number of anilines is 2. The van der Waals surface area contributed by atoms with Gasteiger partial charge >= 0.3 is 5.69 Å². The zero-order valence-corrected chi connectivity index (χ0v) is 18.9. The molecule has 8 nitrogen and oxygen atoms in total. The van der Waals surface area contributed by atoms with Gasteiger partial charge in [0, 0.05) is 25.7 Å². The Morgan fingerprint density at radius 1 is 1.15 bits per heavy atom. The Morgan fingerprint density at radius 2 is 1.91 bits per heavy atom. The Balaban J connectivity index is 1.70. The Hall–Kier alpha value is -3.13. The van der Waals surface area contributed by atoms with Crippen molar-refractivity contribution in [1.82, 2.24) is 9.55 Å². The molecule has 1 saturated heterocycles. The van der Waals surface area contributed by atoms with Crippen molar-refractivity contribution in [3.05, 3.63) is 68.4 Å². The summed E-state index contributed by atoms with van der Waals surface area (Å²) in [4.78, 5) is 43.1. The minimum atomic E-state index is -0.625. The van der Waals surface area contributed by atoms with Crippen LogP contribution in [0.25, 0.3) is 0 Å².